The number of fused-ring (bicyclic) bond motifs is 1. The molecule has 1 N–H and O–H groups in total. The lowest BCUT2D eigenvalue weighted by molar-refractivity contribution is 0.270. The minimum atomic E-state index is 0.416. The molecular formula is C18H29NO. The molecule has 2 atom stereocenters. The highest BCUT2D eigenvalue weighted by Crippen LogP contribution is 2.38. The third kappa shape index (κ3) is 3.35. The van der Waals surface area contributed by atoms with Crippen molar-refractivity contribution in [3.05, 3.63) is 29.3 Å². The van der Waals surface area contributed by atoms with Gasteiger partial charge in [0.15, 0.2) is 0 Å². The molecule has 0 fully saturated rings. The first kappa shape index (κ1) is 15.4. The van der Waals surface area contributed by atoms with Gasteiger partial charge in [-0.25, -0.2) is 0 Å². The van der Waals surface area contributed by atoms with Crippen LogP contribution in [0.15, 0.2) is 18.2 Å². The van der Waals surface area contributed by atoms with Gasteiger partial charge in [0, 0.05) is 11.6 Å². The fraction of sp³-hybridized carbons (Fsp3) is 0.667. The number of hydrogen-bond donors (Lipinski definition) is 1. The molecule has 1 heterocycles. The number of rotatable bonds is 7. The van der Waals surface area contributed by atoms with E-state index in [-0.39, 0.29) is 0 Å². The molecule has 0 aromatic heterocycles. The van der Waals surface area contributed by atoms with Crippen molar-refractivity contribution >= 4 is 0 Å². The van der Waals surface area contributed by atoms with Gasteiger partial charge in [-0.05, 0) is 37.8 Å². The standard InChI is InChI=1S/C18H29NO/c1-4-6-9-14(5-2)17(19-3)16-12-7-10-15-11-8-13-20-18(15)16/h7,10,12,14,17,19H,4-6,8-9,11,13H2,1-3H3. The Morgan fingerprint density at radius 1 is 1.30 bits per heavy atom. The molecule has 1 aromatic rings. The van der Waals surface area contributed by atoms with Gasteiger partial charge in [0.05, 0.1) is 6.61 Å². The van der Waals surface area contributed by atoms with Crippen LogP contribution in [0, 0.1) is 5.92 Å². The first-order chi connectivity index (χ1) is 9.81. The Morgan fingerprint density at radius 2 is 2.15 bits per heavy atom. The van der Waals surface area contributed by atoms with Crippen molar-refractivity contribution < 1.29 is 4.74 Å². The third-order valence-electron chi connectivity index (χ3n) is 4.53. The number of aryl methyl sites for hydroxylation is 1. The number of nitrogens with one attached hydrogen (secondary N) is 1. The van der Waals surface area contributed by atoms with Crippen LogP contribution in [0.2, 0.25) is 0 Å². The van der Waals surface area contributed by atoms with E-state index in [2.05, 4.69) is 44.4 Å². The zero-order valence-electron chi connectivity index (χ0n) is 13.2. The first-order valence-corrected chi connectivity index (χ1v) is 8.23. The highest BCUT2D eigenvalue weighted by atomic mass is 16.5. The smallest absolute Gasteiger partial charge is 0.127 e. The summed E-state index contributed by atoms with van der Waals surface area (Å²) in [5.41, 5.74) is 2.76. The summed E-state index contributed by atoms with van der Waals surface area (Å²) in [7, 11) is 2.08. The predicted octanol–water partition coefficient (Wildman–Crippen LogP) is 4.49. The molecular weight excluding hydrogens is 246 g/mol. The van der Waals surface area contributed by atoms with E-state index in [1.807, 2.05) is 0 Å². The van der Waals surface area contributed by atoms with E-state index in [4.69, 9.17) is 4.74 Å². The molecule has 1 aliphatic rings. The molecule has 2 heteroatoms. The maximum Gasteiger partial charge on any atom is 0.127 e. The molecule has 1 aromatic carbocycles. The second kappa shape index (κ2) is 7.68. The van der Waals surface area contributed by atoms with Crippen molar-refractivity contribution in [2.24, 2.45) is 5.92 Å². The number of para-hydroxylation sites is 1. The Labute approximate surface area is 123 Å². The Hall–Kier alpha value is -1.02. The van der Waals surface area contributed by atoms with Crippen molar-refractivity contribution in [2.75, 3.05) is 13.7 Å². The van der Waals surface area contributed by atoms with Gasteiger partial charge in [-0.2, -0.15) is 0 Å². The lowest BCUT2D eigenvalue weighted by atomic mass is 9.85. The zero-order chi connectivity index (χ0) is 14.4. The van der Waals surface area contributed by atoms with Gasteiger partial charge in [-0.3, -0.25) is 0 Å². The Morgan fingerprint density at radius 3 is 2.85 bits per heavy atom. The fourth-order valence-electron chi connectivity index (χ4n) is 3.38. The van der Waals surface area contributed by atoms with E-state index in [1.54, 1.807) is 0 Å². The molecule has 20 heavy (non-hydrogen) atoms. The Kier molecular flexibility index (Phi) is 5.90. The monoisotopic (exact) mass is 275 g/mol. The lowest BCUT2D eigenvalue weighted by Gasteiger charge is -2.30. The largest absolute Gasteiger partial charge is 0.493 e. The van der Waals surface area contributed by atoms with E-state index < -0.39 is 0 Å². The average molecular weight is 275 g/mol. The van der Waals surface area contributed by atoms with E-state index >= 15 is 0 Å². The summed E-state index contributed by atoms with van der Waals surface area (Å²) in [6.07, 6.45) is 7.40. The predicted molar refractivity (Wildman–Crippen MR) is 85.4 cm³/mol. The van der Waals surface area contributed by atoms with Crippen LogP contribution < -0.4 is 10.1 Å². The molecule has 0 saturated heterocycles. The van der Waals surface area contributed by atoms with Crippen LogP contribution in [0.4, 0.5) is 0 Å². The molecule has 0 bridgehead atoms. The van der Waals surface area contributed by atoms with Gasteiger partial charge in [0.1, 0.15) is 5.75 Å². The van der Waals surface area contributed by atoms with Crippen LogP contribution >= 0.6 is 0 Å². The van der Waals surface area contributed by atoms with Gasteiger partial charge in [0.25, 0.3) is 0 Å². The fourth-order valence-corrected chi connectivity index (χ4v) is 3.38. The van der Waals surface area contributed by atoms with Crippen LogP contribution in [-0.2, 0) is 6.42 Å². The Balaban J connectivity index is 2.26. The lowest BCUT2D eigenvalue weighted by Crippen LogP contribution is -2.26. The van der Waals surface area contributed by atoms with Crippen molar-refractivity contribution in [3.63, 3.8) is 0 Å². The summed E-state index contributed by atoms with van der Waals surface area (Å²) in [5.74, 6) is 1.85. The molecule has 0 radical (unpaired) electrons. The summed E-state index contributed by atoms with van der Waals surface area (Å²) in [5, 5.41) is 3.55. The molecule has 2 unspecified atom stereocenters. The summed E-state index contributed by atoms with van der Waals surface area (Å²) < 4.78 is 6.00. The first-order valence-electron chi connectivity index (χ1n) is 8.23. The van der Waals surface area contributed by atoms with Crippen LogP contribution in [0.5, 0.6) is 5.75 Å². The number of benzene rings is 1. The number of unbranched alkanes of at least 4 members (excludes halogenated alkanes) is 1. The topological polar surface area (TPSA) is 21.3 Å². The maximum absolute atomic E-state index is 6.00. The molecule has 2 rings (SSSR count). The second-order valence-electron chi connectivity index (χ2n) is 5.86. The van der Waals surface area contributed by atoms with Gasteiger partial charge in [-0.15, -0.1) is 0 Å². The zero-order valence-corrected chi connectivity index (χ0v) is 13.2. The van der Waals surface area contributed by atoms with Crippen LogP contribution in [-0.4, -0.2) is 13.7 Å². The molecule has 112 valence electrons. The van der Waals surface area contributed by atoms with Gasteiger partial charge in [0.2, 0.25) is 0 Å². The van der Waals surface area contributed by atoms with Crippen LogP contribution in [0.3, 0.4) is 0 Å². The van der Waals surface area contributed by atoms with Gasteiger partial charge < -0.3 is 10.1 Å². The molecule has 1 aliphatic heterocycles. The minimum Gasteiger partial charge on any atom is -0.493 e. The van der Waals surface area contributed by atoms with Crippen molar-refractivity contribution in [2.45, 2.75) is 58.4 Å². The van der Waals surface area contributed by atoms with Crippen molar-refractivity contribution in [1.82, 2.24) is 5.32 Å². The van der Waals surface area contributed by atoms with Gasteiger partial charge in [-0.1, -0.05) is 51.3 Å². The number of hydrogen-bond acceptors (Lipinski definition) is 2. The normalized spacial score (nSPS) is 17.1. The molecule has 2 nitrogen and oxygen atoms in total. The highest BCUT2D eigenvalue weighted by molar-refractivity contribution is 5.44. The number of ether oxygens (including phenoxy) is 1. The SMILES string of the molecule is CCCCC(CC)C(NC)c1cccc2c1OCCC2. The van der Waals surface area contributed by atoms with Crippen LogP contribution in [0.1, 0.15) is 63.1 Å². The van der Waals surface area contributed by atoms with E-state index in [9.17, 15) is 0 Å². The third-order valence-corrected chi connectivity index (χ3v) is 4.53. The molecule has 0 aliphatic carbocycles. The average Bonchev–Trinajstić information content (AvgIpc) is 2.51. The summed E-state index contributed by atoms with van der Waals surface area (Å²) in [6, 6.07) is 7.08. The van der Waals surface area contributed by atoms with Gasteiger partial charge >= 0.3 is 0 Å². The van der Waals surface area contributed by atoms with E-state index in [1.165, 1.54) is 36.8 Å². The minimum absolute atomic E-state index is 0.416. The van der Waals surface area contributed by atoms with E-state index in [0.717, 1.165) is 25.2 Å². The van der Waals surface area contributed by atoms with Crippen LogP contribution in [0.25, 0.3) is 0 Å². The summed E-state index contributed by atoms with van der Waals surface area (Å²) in [6.45, 7) is 5.45. The molecule has 0 saturated carbocycles. The summed E-state index contributed by atoms with van der Waals surface area (Å²) >= 11 is 0. The quantitative estimate of drug-likeness (QED) is 0.791. The van der Waals surface area contributed by atoms with E-state index in [0.29, 0.717) is 12.0 Å². The molecule has 0 amide bonds. The molecule has 0 spiro atoms. The summed E-state index contributed by atoms with van der Waals surface area (Å²) in [4.78, 5) is 0. The Bertz CT molecular complexity index is 416. The maximum atomic E-state index is 6.00. The second-order valence-corrected chi connectivity index (χ2v) is 5.86. The van der Waals surface area contributed by atoms with Crippen molar-refractivity contribution in [3.8, 4) is 5.75 Å². The van der Waals surface area contributed by atoms with Crippen molar-refractivity contribution in [1.29, 1.82) is 0 Å². The highest BCUT2D eigenvalue weighted by Gasteiger charge is 2.25.